The number of benzene rings is 4. The van der Waals surface area contributed by atoms with Gasteiger partial charge in [-0.05, 0) is 47.5 Å². The number of nitro benzene ring substituents is 1. The number of nitrogen functional groups attached to an aromatic ring is 1. The number of nitrogens with zero attached hydrogens (tertiary/aromatic N) is 3. The van der Waals surface area contributed by atoms with E-state index in [1.807, 2.05) is 0 Å². The van der Waals surface area contributed by atoms with E-state index in [-0.39, 0.29) is 18.8 Å². The van der Waals surface area contributed by atoms with E-state index >= 15 is 0 Å². The first kappa shape index (κ1) is 41.4. The molecule has 4 aromatic carbocycles. The lowest BCUT2D eigenvalue weighted by atomic mass is 9.91. The van der Waals surface area contributed by atoms with Gasteiger partial charge in [-0.3, -0.25) is 10.1 Å². The Morgan fingerprint density at radius 2 is 0.893 bits per heavy atom. The molecule has 6 aromatic rings. The number of nitro groups is 1. The maximum absolute atomic E-state index is 12.9. The van der Waals surface area contributed by atoms with Gasteiger partial charge in [0, 0.05) is 76.2 Å². The van der Waals surface area contributed by atoms with Crippen LogP contribution in [0.2, 0.25) is 0 Å². The van der Waals surface area contributed by atoms with E-state index in [0.717, 1.165) is 35.2 Å². The zero-order chi connectivity index (χ0) is 41.6. The average molecular weight is 807 g/mol. The maximum Gasteiger partial charge on any atom is 0.430 e. The second-order valence-electron chi connectivity index (χ2n) is 12.5. The minimum atomic E-state index is -5.95. The lowest BCUT2D eigenvalue weighted by molar-refractivity contribution is -0.384. The number of alkyl halides is 12. The summed E-state index contributed by atoms with van der Waals surface area (Å²) < 4.78 is 159. The number of hydrogen-bond donors (Lipinski definition) is 3. The number of non-ortho nitro benzene ring substituents is 1. The second-order valence-corrected chi connectivity index (χ2v) is 12.5. The summed E-state index contributed by atoms with van der Waals surface area (Å²) >= 11 is 0. The van der Waals surface area contributed by atoms with E-state index in [9.17, 15) is 73.0 Å². The first-order valence-corrected chi connectivity index (χ1v) is 15.8. The van der Waals surface area contributed by atoms with Gasteiger partial charge in [-0.1, -0.05) is 48.5 Å². The van der Waals surface area contributed by atoms with Crippen LogP contribution in [0.3, 0.4) is 0 Å². The highest BCUT2D eigenvalue weighted by molar-refractivity contribution is 5.83. The van der Waals surface area contributed by atoms with E-state index in [4.69, 9.17) is 5.73 Å². The zero-order valence-electron chi connectivity index (χ0n) is 28.0. The quantitative estimate of drug-likeness (QED) is 0.0643. The molecular weight excluding hydrogens is 780 g/mol. The number of nitrogens with two attached hydrogens (primary N) is 1. The van der Waals surface area contributed by atoms with Crippen molar-refractivity contribution in [3.05, 3.63) is 142 Å². The van der Waals surface area contributed by atoms with Crippen molar-refractivity contribution in [3.63, 3.8) is 0 Å². The number of rotatable bonds is 7. The third-order valence-corrected chi connectivity index (χ3v) is 8.85. The van der Waals surface area contributed by atoms with Crippen molar-refractivity contribution >= 4 is 33.2 Å². The van der Waals surface area contributed by atoms with Crippen molar-refractivity contribution in [2.45, 2.75) is 49.0 Å². The van der Waals surface area contributed by atoms with E-state index in [1.165, 1.54) is 18.2 Å². The third kappa shape index (κ3) is 7.70. The van der Waals surface area contributed by atoms with Gasteiger partial charge in [0.1, 0.15) is 0 Å². The number of anilines is 1. The first-order chi connectivity index (χ1) is 25.8. The Labute approximate surface area is 306 Å². The summed E-state index contributed by atoms with van der Waals surface area (Å²) in [6.45, 7) is 0.322. The van der Waals surface area contributed by atoms with Crippen LogP contribution in [0.4, 0.5) is 64.1 Å². The van der Waals surface area contributed by atoms with Crippen LogP contribution < -0.4 is 5.73 Å². The van der Waals surface area contributed by atoms with Crippen LogP contribution in [0.5, 0.6) is 0 Å². The Morgan fingerprint density at radius 1 is 0.536 bits per heavy atom. The molecule has 2 aromatic heterocycles. The number of aromatic nitrogens is 2. The molecule has 8 nitrogen and oxygen atoms in total. The highest BCUT2D eigenvalue weighted by Gasteiger charge is 2.72. The minimum absolute atomic E-state index is 0.0953. The van der Waals surface area contributed by atoms with Gasteiger partial charge in [-0.25, -0.2) is 0 Å². The molecule has 20 heteroatoms. The van der Waals surface area contributed by atoms with Crippen molar-refractivity contribution in [1.82, 2.24) is 9.13 Å². The molecule has 0 aliphatic rings. The van der Waals surface area contributed by atoms with Gasteiger partial charge in [-0.2, -0.15) is 52.7 Å². The van der Waals surface area contributed by atoms with Gasteiger partial charge < -0.3 is 25.1 Å². The Hall–Kier alpha value is -5.76. The van der Waals surface area contributed by atoms with Crippen molar-refractivity contribution in [2.24, 2.45) is 0 Å². The van der Waals surface area contributed by atoms with Gasteiger partial charge in [0.15, 0.2) is 0 Å². The average Bonchev–Trinajstić information content (AvgIpc) is 3.69. The van der Waals surface area contributed by atoms with Crippen LogP contribution >= 0.6 is 0 Å². The van der Waals surface area contributed by atoms with E-state index in [2.05, 4.69) is 0 Å². The van der Waals surface area contributed by atoms with Gasteiger partial charge >= 0.3 is 24.7 Å². The fourth-order valence-electron chi connectivity index (χ4n) is 5.87. The van der Waals surface area contributed by atoms with Crippen LogP contribution in [0, 0.1) is 10.1 Å². The molecule has 0 bridgehead atoms. The molecule has 2 heterocycles. The first-order valence-electron chi connectivity index (χ1n) is 15.8. The Kier molecular flexibility index (Phi) is 10.6. The molecule has 4 N–H and O–H groups in total. The minimum Gasteiger partial charge on any atom is -0.399 e. The molecule has 0 atom stereocenters. The van der Waals surface area contributed by atoms with E-state index < -0.39 is 52.0 Å². The van der Waals surface area contributed by atoms with Gasteiger partial charge in [0.05, 0.1) is 4.92 Å². The smallest absolute Gasteiger partial charge is 0.399 e. The van der Waals surface area contributed by atoms with Gasteiger partial charge in [0.25, 0.3) is 16.9 Å². The van der Waals surface area contributed by atoms with E-state index in [0.29, 0.717) is 52.0 Å². The topological polar surface area (TPSA) is 119 Å². The lowest BCUT2D eigenvalue weighted by Crippen LogP contribution is -2.53. The number of halogens is 12. The van der Waals surface area contributed by atoms with Crippen molar-refractivity contribution in [3.8, 4) is 0 Å². The third-order valence-electron chi connectivity index (χ3n) is 8.85. The highest BCUT2D eigenvalue weighted by atomic mass is 19.4. The Bertz CT molecular complexity index is 2310. The Morgan fingerprint density at radius 3 is 1.25 bits per heavy atom. The van der Waals surface area contributed by atoms with Crippen LogP contribution in [0.15, 0.2) is 109 Å². The molecule has 0 radical (unpaired) electrons. The summed E-state index contributed by atoms with van der Waals surface area (Å²) in [5, 5.41) is 31.0. The number of fused-ring (bicyclic) bond motifs is 2. The molecule has 0 aliphatic heterocycles. The predicted molar refractivity (Wildman–Crippen MR) is 178 cm³/mol. The molecule has 6 rings (SSSR count). The van der Waals surface area contributed by atoms with Crippen molar-refractivity contribution in [1.29, 1.82) is 0 Å². The fourth-order valence-corrected chi connectivity index (χ4v) is 5.87. The zero-order valence-corrected chi connectivity index (χ0v) is 28.0. The van der Waals surface area contributed by atoms with Gasteiger partial charge in [0.2, 0.25) is 0 Å². The molecule has 0 saturated carbocycles. The molecule has 0 unspecified atom stereocenters. The van der Waals surface area contributed by atoms with Crippen LogP contribution in [0.25, 0.3) is 21.8 Å². The number of hydrogen-bond acceptors (Lipinski definition) is 5. The van der Waals surface area contributed by atoms with Crippen LogP contribution in [-0.2, 0) is 24.3 Å². The van der Waals surface area contributed by atoms with Crippen LogP contribution in [-0.4, -0.2) is 49.0 Å². The summed E-state index contributed by atoms with van der Waals surface area (Å²) in [5.74, 6) is 0. The predicted octanol–water partition coefficient (Wildman–Crippen LogP) is 9.49. The SMILES string of the molecule is Nc1ccc2c(ccn2Cc2ccc(C(O)(C(F)(F)F)C(F)(F)F)cc2)c1.O=[N+]([O-])c1ccc2c(ccn2Cc2ccc(C(O)(C(F)(F)F)C(F)(F)F)cc2)c1. The second kappa shape index (κ2) is 14.4. The summed E-state index contributed by atoms with van der Waals surface area (Å²) in [6.07, 6.45) is -20.4. The molecule has 0 aliphatic carbocycles. The van der Waals surface area contributed by atoms with Crippen LogP contribution in [0.1, 0.15) is 22.3 Å². The van der Waals surface area contributed by atoms with Gasteiger partial charge in [-0.15, -0.1) is 0 Å². The highest BCUT2D eigenvalue weighted by Crippen LogP contribution is 2.51. The maximum atomic E-state index is 12.9. The fraction of sp³-hybridized carbons (Fsp3) is 0.222. The largest absolute Gasteiger partial charge is 0.430 e. The van der Waals surface area contributed by atoms with Crippen molar-refractivity contribution in [2.75, 3.05) is 5.73 Å². The molecule has 0 amide bonds. The summed E-state index contributed by atoms with van der Waals surface area (Å²) in [6, 6.07) is 19.5. The monoisotopic (exact) mass is 806 g/mol. The summed E-state index contributed by atoms with van der Waals surface area (Å²) in [5.41, 5.74) is -4.10. The van der Waals surface area contributed by atoms with E-state index in [1.54, 1.807) is 51.9 Å². The summed E-state index contributed by atoms with van der Waals surface area (Å²) in [4.78, 5) is 10.3. The standard InChI is InChI=1S/C18H12F6N2O3.C18H14F6N2O/c19-17(20,21)16(27,18(22,23)24)13-3-1-11(2-4-13)10-25-8-7-12-9-14(26(28)29)5-6-15(12)25;19-17(20,21)16(27,18(22,23)24)13-3-1-11(2-4-13)10-26-8-7-12-9-14(25)5-6-15(12)26/h1-9,27H,10H2;1-9,27H,10,25H2. The molecule has 0 spiro atoms. The molecule has 0 fully saturated rings. The molecule has 56 heavy (non-hydrogen) atoms. The Balaban J connectivity index is 0.000000215. The lowest BCUT2D eigenvalue weighted by Gasteiger charge is -2.32. The molecule has 0 saturated heterocycles. The van der Waals surface area contributed by atoms with Crippen molar-refractivity contribution < 1.29 is 67.8 Å². The normalized spacial score (nSPS) is 13.2. The molecular formula is C36H26F12N4O4. The number of aliphatic hydroxyl groups is 2. The summed E-state index contributed by atoms with van der Waals surface area (Å²) in [7, 11) is 0. The molecule has 298 valence electrons.